The van der Waals surface area contributed by atoms with Crippen molar-refractivity contribution < 1.29 is 13.9 Å². The van der Waals surface area contributed by atoms with Crippen LogP contribution < -0.4 is 15.9 Å². The van der Waals surface area contributed by atoms with E-state index in [2.05, 4.69) is 4.98 Å². The average molecular weight is 413 g/mol. The van der Waals surface area contributed by atoms with Gasteiger partial charge in [-0.3, -0.25) is 9.59 Å². The van der Waals surface area contributed by atoms with Crippen LogP contribution in [0.4, 0.5) is 0 Å². The van der Waals surface area contributed by atoms with Crippen LogP contribution in [0.15, 0.2) is 33.5 Å². The van der Waals surface area contributed by atoms with E-state index in [1.54, 1.807) is 6.07 Å². The van der Waals surface area contributed by atoms with Gasteiger partial charge in [0.15, 0.2) is 16.9 Å². The lowest BCUT2D eigenvalue weighted by Crippen LogP contribution is -2.17. The molecule has 0 saturated heterocycles. The van der Waals surface area contributed by atoms with E-state index in [0.717, 1.165) is 29.7 Å². The summed E-state index contributed by atoms with van der Waals surface area (Å²) < 4.78 is 12.2. The minimum atomic E-state index is -0.734. The Hall–Kier alpha value is -2.86. The van der Waals surface area contributed by atoms with Crippen molar-refractivity contribution in [1.29, 1.82) is 0 Å². The minimum Gasteiger partial charge on any atom is -0.483 e. The van der Waals surface area contributed by atoms with E-state index >= 15 is 0 Å². The van der Waals surface area contributed by atoms with Crippen LogP contribution in [0, 0.1) is 13.8 Å². The number of halogens is 1. The van der Waals surface area contributed by atoms with Crippen molar-refractivity contribution >= 4 is 28.5 Å². The summed E-state index contributed by atoms with van der Waals surface area (Å²) in [5.74, 6) is 0.549. The molecule has 2 heterocycles. The van der Waals surface area contributed by atoms with Gasteiger partial charge in [-0.2, -0.15) is 0 Å². The Morgan fingerprint density at radius 2 is 2.03 bits per heavy atom. The summed E-state index contributed by atoms with van der Waals surface area (Å²) in [4.78, 5) is 28.7. The molecule has 4 rings (SSSR count). The largest absolute Gasteiger partial charge is 0.483 e. The maximum atomic E-state index is 13.0. The minimum absolute atomic E-state index is 0.0173. The summed E-state index contributed by atoms with van der Waals surface area (Å²) in [5, 5.41) is 0.678. The molecule has 6 nitrogen and oxygen atoms in total. The zero-order valence-corrected chi connectivity index (χ0v) is 17.2. The molecule has 1 amide bonds. The fourth-order valence-corrected chi connectivity index (χ4v) is 3.72. The number of rotatable bonds is 5. The highest BCUT2D eigenvalue weighted by molar-refractivity contribution is 6.29. The van der Waals surface area contributed by atoms with Gasteiger partial charge >= 0.3 is 0 Å². The smallest absolute Gasteiger partial charge is 0.271 e. The van der Waals surface area contributed by atoms with Crippen LogP contribution in [-0.2, 0) is 0 Å². The van der Waals surface area contributed by atoms with E-state index in [9.17, 15) is 9.59 Å². The maximum absolute atomic E-state index is 13.0. The van der Waals surface area contributed by atoms with Crippen molar-refractivity contribution in [2.75, 3.05) is 0 Å². The average Bonchev–Trinajstić information content (AvgIpc) is 3.50. The van der Waals surface area contributed by atoms with Crippen LogP contribution in [0.2, 0.25) is 5.15 Å². The molecule has 2 N–H and O–H groups in total. The van der Waals surface area contributed by atoms with Gasteiger partial charge in [-0.15, -0.1) is 0 Å². The number of aryl methyl sites for hydroxylation is 1. The van der Waals surface area contributed by atoms with Crippen molar-refractivity contribution in [2.24, 2.45) is 5.73 Å². The molecular formula is C22H21ClN2O4. The van der Waals surface area contributed by atoms with Gasteiger partial charge in [0.2, 0.25) is 0 Å². The van der Waals surface area contributed by atoms with Gasteiger partial charge in [-0.25, -0.2) is 4.98 Å². The number of nitrogens with zero attached hydrogens (tertiary/aromatic N) is 1. The van der Waals surface area contributed by atoms with Crippen molar-refractivity contribution in [3.63, 3.8) is 0 Å². The summed E-state index contributed by atoms with van der Waals surface area (Å²) in [6.45, 7) is 5.56. The molecule has 0 radical (unpaired) electrons. The predicted octanol–water partition coefficient (Wildman–Crippen LogP) is 4.57. The molecule has 2 aromatic heterocycles. The number of aromatic nitrogens is 1. The summed E-state index contributed by atoms with van der Waals surface area (Å²) in [7, 11) is 0. The first kappa shape index (κ1) is 19.5. The molecule has 0 bridgehead atoms. The normalized spacial score (nSPS) is 14.8. The molecule has 1 saturated carbocycles. The molecule has 1 fully saturated rings. The molecule has 150 valence electrons. The summed E-state index contributed by atoms with van der Waals surface area (Å²) in [6.07, 6.45) is 1.54. The molecule has 0 spiro atoms. The number of carbonyl (C=O) groups excluding carboxylic acids is 1. The van der Waals surface area contributed by atoms with E-state index in [1.807, 2.05) is 32.9 Å². The predicted molar refractivity (Wildman–Crippen MR) is 111 cm³/mol. The highest BCUT2D eigenvalue weighted by atomic mass is 35.5. The number of carbonyl (C=O) groups is 1. The second kappa shape index (κ2) is 7.19. The van der Waals surface area contributed by atoms with Crippen LogP contribution in [-0.4, -0.2) is 10.9 Å². The molecular weight excluding hydrogens is 392 g/mol. The lowest BCUT2D eigenvalue weighted by Gasteiger charge is -2.19. The molecule has 1 atom stereocenters. The number of ether oxygens (including phenoxy) is 1. The Kier molecular flexibility index (Phi) is 4.82. The topological polar surface area (TPSA) is 95.4 Å². The summed E-state index contributed by atoms with van der Waals surface area (Å²) in [5.41, 5.74) is 8.18. The third-order valence-corrected chi connectivity index (χ3v) is 5.39. The number of primary amides is 1. The van der Waals surface area contributed by atoms with Crippen molar-refractivity contribution in [2.45, 2.75) is 45.6 Å². The molecule has 29 heavy (non-hydrogen) atoms. The van der Waals surface area contributed by atoms with Crippen LogP contribution in [0.3, 0.4) is 0 Å². The van der Waals surface area contributed by atoms with Crippen LogP contribution in [0.5, 0.6) is 5.75 Å². The first-order valence-corrected chi connectivity index (χ1v) is 9.85. The molecule has 3 aromatic rings. The second-order valence-electron chi connectivity index (χ2n) is 7.53. The maximum Gasteiger partial charge on any atom is 0.271 e. The second-order valence-corrected chi connectivity index (χ2v) is 7.92. The number of fused-ring (bicyclic) bond motifs is 1. The van der Waals surface area contributed by atoms with E-state index < -0.39 is 12.0 Å². The Labute approximate surface area is 172 Å². The molecule has 1 aromatic carbocycles. The number of hydrogen-bond donors (Lipinski definition) is 1. The van der Waals surface area contributed by atoms with Crippen molar-refractivity contribution in [1.82, 2.24) is 4.98 Å². The third kappa shape index (κ3) is 3.60. The third-order valence-electron chi connectivity index (χ3n) is 5.18. The summed E-state index contributed by atoms with van der Waals surface area (Å²) >= 11 is 5.87. The lowest BCUT2D eigenvalue weighted by atomic mass is 10.0. The van der Waals surface area contributed by atoms with E-state index in [-0.39, 0.29) is 22.0 Å². The van der Waals surface area contributed by atoms with Gasteiger partial charge in [0, 0.05) is 17.0 Å². The lowest BCUT2D eigenvalue weighted by molar-refractivity contribution is 0.0988. The first-order valence-electron chi connectivity index (χ1n) is 9.47. The monoisotopic (exact) mass is 412 g/mol. The number of benzene rings is 1. The fraction of sp³-hybridized carbons (Fsp3) is 0.318. The Balaban J connectivity index is 1.83. The van der Waals surface area contributed by atoms with Gasteiger partial charge in [0.1, 0.15) is 22.6 Å². The van der Waals surface area contributed by atoms with Gasteiger partial charge in [0.25, 0.3) is 5.91 Å². The molecule has 1 aliphatic rings. The SMILES string of the molecule is Cc1cc([C@@H](C)Oc2ccc(Cl)nc2C(N)=O)c2oc(C3CC3)c(C)c(=O)c2c1. The number of hydrogen-bond acceptors (Lipinski definition) is 5. The van der Waals surface area contributed by atoms with E-state index in [4.69, 9.17) is 26.5 Å². The molecule has 7 heteroatoms. The standard InChI is InChI=1S/C22H21ClN2O4/c1-10-8-14(12(3)28-16-6-7-17(23)25-18(16)22(24)27)21-15(9-10)19(26)11(2)20(29-21)13-4-5-13/h6-9,12-13H,4-5H2,1-3H3,(H2,24,27)/t12-/m1/s1. The Morgan fingerprint density at radius 1 is 1.31 bits per heavy atom. The zero-order chi connectivity index (χ0) is 20.9. The number of nitrogens with two attached hydrogens (primary N) is 1. The zero-order valence-electron chi connectivity index (χ0n) is 16.4. The summed E-state index contributed by atoms with van der Waals surface area (Å²) in [6, 6.07) is 6.84. The molecule has 0 unspecified atom stereocenters. The highest BCUT2D eigenvalue weighted by Gasteiger charge is 2.30. The van der Waals surface area contributed by atoms with Gasteiger partial charge in [0.05, 0.1) is 5.39 Å². The fourth-order valence-electron chi connectivity index (χ4n) is 3.57. The van der Waals surface area contributed by atoms with E-state index in [1.165, 1.54) is 6.07 Å². The number of pyridine rings is 1. The van der Waals surface area contributed by atoms with Crippen LogP contribution >= 0.6 is 11.6 Å². The van der Waals surface area contributed by atoms with Gasteiger partial charge in [-0.05, 0) is 63.4 Å². The van der Waals surface area contributed by atoms with Crippen molar-refractivity contribution in [3.05, 3.63) is 67.8 Å². The van der Waals surface area contributed by atoms with Gasteiger partial charge in [-0.1, -0.05) is 11.6 Å². The van der Waals surface area contributed by atoms with Crippen LogP contribution in [0.1, 0.15) is 64.7 Å². The Morgan fingerprint density at radius 3 is 2.69 bits per heavy atom. The van der Waals surface area contributed by atoms with Crippen molar-refractivity contribution in [3.8, 4) is 5.75 Å². The quantitative estimate of drug-likeness (QED) is 0.619. The van der Waals surface area contributed by atoms with E-state index in [0.29, 0.717) is 22.5 Å². The molecule has 1 aliphatic carbocycles. The Bertz CT molecular complexity index is 1200. The molecule has 0 aliphatic heterocycles. The highest BCUT2D eigenvalue weighted by Crippen LogP contribution is 2.42. The van der Waals surface area contributed by atoms with Crippen LogP contribution in [0.25, 0.3) is 11.0 Å². The van der Waals surface area contributed by atoms with Gasteiger partial charge < -0.3 is 14.9 Å². The first-order chi connectivity index (χ1) is 13.8. The number of amides is 1.